The molecule has 0 aromatic carbocycles. The van der Waals surface area contributed by atoms with Crippen LogP contribution in [0.15, 0.2) is 0 Å². The Bertz CT molecular complexity index is 1940. The summed E-state index contributed by atoms with van der Waals surface area (Å²) in [6.45, 7) is 13.3. The standard InChI is InChI=1S/3C14H14F7O2.Eu/c3*1-10(2)6-4-5-11(10,3)8(22)7(6)9(23)12(15,16)13(17,18)14(19,20)21;/h3*6H,4-5H2,1-3H3;/q3*-1;+3/t3*6?,11-;/m110./s1. The minimum Gasteiger partial charge on any atom is -0.333 e. The molecule has 0 N–H and O–H groups in total. The summed E-state index contributed by atoms with van der Waals surface area (Å²) in [6.07, 6.45) is -18.7. The number of halogens is 21. The van der Waals surface area contributed by atoms with E-state index in [4.69, 9.17) is 0 Å². The van der Waals surface area contributed by atoms with E-state index >= 15 is 0 Å². The van der Waals surface area contributed by atoms with Crippen molar-refractivity contribution in [2.45, 2.75) is 155 Å². The summed E-state index contributed by atoms with van der Waals surface area (Å²) in [4.78, 5) is 72.2. The second kappa shape index (κ2) is 17.1. The van der Waals surface area contributed by atoms with Crippen molar-refractivity contribution in [3.8, 4) is 0 Å². The molecule has 0 heterocycles. The van der Waals surface area contributed by atoms with Gasteiger partial charge in [-0.05, 0) is 35.5 Å². The molecule has 6 saturated carbocycles. The Kier molecular flexibility index (Phi) is 15.2. The van der Waals surface area contributed by atoms with Gasteiger partial charge in [0.25, 0.3) is 0 Å². The van der Waals surface area contributed by atoms with Crippen LogP contribution in [-0.2, 0) is 28.8 Å². The third kappa shape index (κ3) is 7.90. The minimum atomic E-state index is -6.60. The number of hydrogen-bond donors (Lipinski definition) is 0. The van der Waals surface area contributed by atoms with Crippen LogP contribution in [0.5, 0.6) is 0 Å². The van der Waals surface area contributed by atoms with Crippen LogP contribution in [0.2, 0.25) is 0 Å². The third-order valence-corrected chi connectivity index (χ3v) is 16.8. The summed E-state index contributed by atoms with van der Waals surface area (Å²) < 4.78 is 270. The summed E-state index contributed by atoms with van der Waals surface area (Å²) in [5.41, 5.74) is -6.53. The molecule has 6 aliphatic carbocycles. The Morgan fingerprint density at radius 2 is 0.529 bits per heavy atom. The molecule has 6 fully saturated rings. The maximum Gasteiger partial charge on any atom is 3.00 e. The zero-order chi connectivity index (χ0) is 54.7. The molecular weight excluding hydrogens is 1150 g/mol. The van der Waals surface area contributed by atoms with Crippen LogP contribution in [0.25, 0.3) is 0 Å². The van der Waals surface area contributed by atoms with Crippen molar-refractivity contribution < 1.29 is 170 Å². The molecule has 0 spiro atoms. The van der Waals surface area contributed by atoms with Gasteiger partial charge in [0.1, 0.15) is 0 Å². The number of Topliss-reactive ketones (excluding diaryl/α,β-unsaturated/α-hetero) is 6. The molecule has 6 rings (SSSR count). The van der Waals surface area contributed by atoms with Gasteiger partial charge in [-0.15, -0.1) is 17.8 Å². The van der Waals surface area contributed by atoms with Gasteiger partial charge in [-0.3, -0.25) is 0 Å². The Labute approximate surface area is 425 Å². The van der Waals surface area contributed by atoms with Gasteiger partial charge >= 0.3 is 103 Å². The average molecular weight is 1190 g/mol. The van der Waals surface area contributed by atoms with Gasteiger partial charge in [-0.1, -0.05) is 81.6 Å². The second-order valence-electron chi connectivity index (χ2n) is 20.6. The fourth-order valence-corrected chi connectivity index (χ4v) is 10.9. The first-order valence-electron chi connectivity index (χ1n) is 20.5. The largest absolute Gasteiger partial charge is 3.00 e. The van der Waals surface area contributed by atoms with Gasteiger partial charge in [0.05, 0.1) is 17.3 Å². The number of fused-ring (bicyclic) bond motifs is 6. The minimum absolute atomic E-state index is 0. The normalized spacial score (nSPS) is 30.5. The van der Waals surface area contributed by atoms with E-state index < -0.39 is 157 Å². The van der Waals surface area contributed by atoms with E-state index in [0.29, 0.717) is 0 Å². The van der Waals surface area contributed by atoms with Crippen LogP contribution >= 0.6 is 0 Å². The number of carbonyl (C=O) groups is 6. The van der Waals surface area contributed by atoms with Gasteiger partial charge in [0.15, 0.2) is 0 Å². The summed E-state index contributed by atoms with van der Waals surface area (Å²) in [5, 5.41) is 0. The molecule has 6 bridgehead atoms. The number of carbonyl (C=O) groups excluding carboxylic acids is 6. The fourth-order valence-electron chi connectivity index (χ4n) is 10.9. The van der Waals surface area contributed by atoms with Crippen molar-refractivity contribution >= 4 is 34.7 Å². The zero-order valence-corrected chi connectivity index (χ0v) is 40.2. The predicted molar refractivity (Wildman–Crippen MR) is 191 cm³/mol. The quantitative estimate of drug-likeness (QED) is 0.168. The molecule has 0 amide bonds. The second-order valence-corrected chi connectivity index (χ2v) is 20.6. The van der Waals surface area contributed by atoms with Crippen LogP contribution in [0.4, 0.5) is 92.2 Å². The van der Waals surface area contributed by atoms with Crippen LogP contribution in [-0.4, -0.2) is 88.8 Å². The van der Waals surface area contributed by atoms with Gasteiger partial charge < -0.3 is 28.8 Å². The van der Waals surface area contributed by atoms with Crippen LogP contribution in [0, 0.1) is 117 Å². The first kappa shape index (κ1) is 62.0. The van der Waals surface area contributed by atoms with Crippen LogP contribution in [0.1, 0.15) is 101 Å². The summed E-state index contributed by atoms with van der Waals surface area (Å²) >= 11 is 0. The van der Waals surface area contributed by atoms with E-state index in [1.807, 2.05) is 0 Å². The first-order valence-corrected chi connectivity index (χ1v) is 20.5. The smallest absolute Gasteiger partial charge is 0.333 e. The predicted octanol–water partition coefficient (Wildman–Crippen LogP) is 12.0. The summed E-state index contributed by atoms with van der Waals surface area (Å²) in [5.74, 6) is -55.5. The van der Waals surface area contributed by atoms with Crippen LogP contribution in [0.3, 0.4) is 0 Å². The average Bonchev–Trinajstić information content (AvgIpc) is 3.79. The van der Waals surface area contributed by atoms with E-state index in [0.717, 1.165) is 0 Å². The Hall–Kier alpha value is -2.26. The zero-order valence-electron chi connectivity index (χ0n) is 37.7. The van der Waals surface area contributed by atoms with E-state index in [9.17, 15) is 121 Å². The monoisotopic (exact) mass is 1190 g/mol. The molecule has 0 radical (unpaired) electrons. The number of hydrogen-bond acceptors (Lipinski definition) is 6. The van der Waals surface area contributed by atoms with E-state index in [2.05, 4.69) is 0 Å². The molecule has 0 aromatic heterocycles. The van der Waals surface area contributed by atoms with Gasteiger partial charge in [0, 0.05) is 33.6 Å². The van der Waals surface area contributed by atoms with E-state index in [1.54, 1.807) is 0 Å². The van der Waals surface area contributed by atoms with Crippen molar-refractivity contribution in [2.75, 3.05) is 0 Å². The molecule has 6 atom stereocenters. The fraction of sp³-hybridized carbons (Fsp3) is 0.786. The number of ketones is 6. The maximum atomic E-state index is 13.6. The molecule has 70 heavy (non-hydrogen) atoms. The summed E-state index contributed by atoms with van der Waals surface area (Å²) in [7, 11) is 0. The topological polar surface area (TPSA) is 102 Å². The molecule has 6 nitrogen and oxygen atoms in total. The van der Waals surface area contributed by atoms with Crippen molar-refractivity contribution in [3.63, 3.8) is 0 Å². The molecule has 0 saturated heterocycles. The molecule has 3 unspecified atom stereocenters. The Morgan fingerprint density at radius 3 is 0.643 bits per heavy atom. The number of rotatable bonds is 9. The molecule has 0 aromatic rings. The molecule has 0 aliphatic heterocycles. The third-order valence-electron chi connectivity index (χ3n) is 16.8. The molecule has 400 valence electrons. The van der Waals surface area contributed by atoms with E-state index in [-0.39, 0.29) is 87.9 Å². The van der Waals surface area contributed by atoms with Gasteiger partial charge in [0.2, 0.25) is 0 Å². The Balaban J connectivity index is 0.000000276. The van der Waals surface area contributed by atoms with Gasteiger partial charge in [-0.25, -0.2) is 17.8 Å². The van der Waals surface area contributed by atoms with Crippen molar-refractivity contribution in [1.82, 2.24) is 0 Å². The van der Waals surface area contributed by atoms with Crippen molar-refractivity contribution in [1.29, 1.82) is 0 Å². The number of alkyl halides is 21. The van der Waals surface area contributed by atoms with Gasteiger partial charge in [-0.2, -0.15) is 92.2 Å². The summed E-state index contributed by atoms with van der Waals surface area (Å²) in [6, 6.07) is 0. The maximum absolute atomic E-state index is 13.6. The SMILES string of the molecule is CC1(C)C2CC[C@@]1(C)C(=O)[C-]2C(=O)C(F)(F)C(F)(F)C(F)(F)F.CC1(C)C2CC[C@]1(C)C(=O)[C-]2C(=O)C(F)(F)C(F)(F)C(F)(F)F.CC1(C)C2CC[C@]1(C)C(=O)[C-]2C(=O)C(F)(F)C(F)(F)C(F)(F)F.[Eu+3]. The molecule has 28 heteroatoms. The first-order chi connectivity index (χ1) is 30.1. The van der Waals surface area contributed by atoms with E-state index in [1.165, 1.54) is 62.3 Å². The van der Waals surface area contributed by atoms with Crippen LogP contribution < -0.4 is 0 Å². The molecular formula is C42H42EuF21O6. The van der Waals surface area contributed by atoms with Crippen molar-refractivity contribution in [3.05, 3.63) is 17.8 Å². The Morgan fingerprint density at radius 1 is 0.371 bits per heavy atom. The van der Waals surface area contributed by atoms with Crippen molar-refractivity contribution in [2.24, 2.45) is 50.2 Å². The molecule has 6 aliphatic rings.